The second kappa shape index (κ2) is 6.77. The summed E-state index contributed by atoms with van der Waals surface area (Å²) in [6.07, 6.45) is 0. The number of anilines is 1. The van der Waals surface area contributed by atoms with Crippen molar-refractivity contribution in [2.24, 2.45) is 0 Å². The normalized spacial score (nSPS) is 10.8. The monoisotopic (exact) mass is 334 g/mol. The number of nitrogens with one attached hydrogen (secondary N) is 1. The first-order valence-electron chi connectivity index (χ1n) is 6.51. The molecule has 0 amide bonds. The summed E-state index contributed by atoms with van der Waals surface area (Å²) in [7, 11) is 4.10. The van der Waals surface area contributed by atoms with E-state index in [1.165, 1.54) is 5.56 Å². The van der Waals surface area contributed by atoms with Gasteiger partial charge in [-0.15, -0.1) is 0 Å². The molecule has 0 saturated heterocycles. The first-order chi connectivity index (χ1) is 9.58. The predicted octanol–water partition coefficient (Wildman–Crippen LogP) is 3.83. The number of phenols is 1. The van der Waals surface area contributed by atoms with E-state index in [9.17, 15) is 5.11 Å². The van der Waals surface area contributed by atoms with E-state index >= 15 is 0 Å². The summed E-state index contributed by atoms with van der Waals surface area (Å²) in [4.78, 5) is 2.14. The Morgan fingerprint density at radius 3 is 2.50 bits per heavy atom. The van der Waals surface area contributed by atoms with Crippen LogP contribution in [0.5, 0.6) is 5.75 Å². The molecule has 0 bridgehead atoms. The Labute approximate surface area is 128 Å². The predicted molar refractivity (Wildman–Crippen MR) is 87.0 cm³/mol. The fourth-order valence-electron chi connectivity index (χ4n) is 2.06. The molecular weight excluding hydrogens is 316 g/mol. The highest BCUT2D eigenvalue weighted by Crippen LogP contribution is 2.28. The number of phenolic OH excluding ortho intramolecular Hbond substituents is 1. The maximum absolute atomic E-state index is 10.00. The van der Waals surface area contributed by atoms with Gasteiger partial charge in [0.2, 0.25) is 0 Å². The van der Waals surface area contributed by atoms with Gasteiger partial charge in [0.05, 0.1) is 4.47 Å². The third-order valence-corrected chi connectivity index (χ3v) is 3.68. The minimum absolute atomic E-state index is 0.296. The average molecular weight is 335 g/mol. The Morgan fingerprint density at radius 2 is 1.75 bits per heavy atom. The zero-order valence-corrected chi connectivity index (χ0v) is 13.3. The number of rotatable bonds is 5. The molecule has 0 unspecified atom stereocenters. The Kier molecular flexibility index (Phi) is 5.04. The van der Waals surface area contributed by atoms with Crippen LogP contribution in [0.25, 0.3) is 0 Å². The van der Waals surface area contributed by atoms with E-state index in [1.807, 2.05) is 30.3 Å². The van der Waals surface area contributed by atoms with Crippen LogP contribution in [0.15, 0.2) is 46.9 Å². The first-order valence-corrected chi connectivity index (χ1v) is 7.30. The molecule has 2 N–H and O–H groups in total. The van der Waals surface area contributed by atoms with Gasteiger partial charge in [0.15, 0.2) is 0 Å². The lowest BCUT2D eigenvalue weighted by Crippen LogP contribution is -2.12. The van der Waals surface area contributed by atoms with Crippen molar-refractivity contribution in [3.05, 3.63) is 58.1 Å². The van der Waals surface area contributed by atoms with Crippen LogP contribution in [0.3, 0.4) is 0 Å². The molecule has 2 aromatic carbocycles. The van der Waals surface area contributed by atoms with Gasteiger partial charge in [-0.05, 0) is 47.7 Å². The second-order valence-electron chi connectivity index (χ2n) is 5.00. The maximum atomic E-state index is 10.00. The van der Waals surface area contributed by atoms with Crippen LogP contribution in [-0.2, 0) is 13.1 Å². The van der Waals surface area contributed by atoms with Crippen molar-refractivity contribution in [1.29, 1.82) is 0 Å². The Bertz CT molecular complexity index is 584. The van der Waals surface area contributed by atoms with Crippen LogP contribution in [0.2, 0.25) is 0 Å². The zero-order chi connectivity index (χ0) is 14.5. The molecule has 0 heterocycles. The zero-order valence-electron chi connectivity index (χ0n) is 11.7. The van der Waals surface area contributed by atoms with Crippen LogP contribution in [-0.4, -0.2) is 24.1 Å². The van der Waals surface area contributed by atoms with Crippen molar-refractivity contribution in [1.82, 2.24) is 4.90 Å². The molecule has 0 atom stereocenters. The van der Waals surface area contributed by atoms with E-state index in [1.54, 1.807) is 0 Å². The van der Waals surface area contributed by atoms with E-state index in [4.69, 9.17) is 0 Å². The molecule has 3 nitrogen and oxygen atoms in total. The number of hydrogen-bond donors (Lipinski definition) is 2. The summed E-state index contributed by atoms with van der Waals surface area (Å²) in [6, 6.07) is 13.9. The highest BCUT2D eigenvalue weighted by molar-refractivity contribution is 9.10. The minimum atomic E-state index is 0.296. The molecule has 0 aliphatic rings. The van der Waals surface area contributed by atoms with Gasteiger partial charge in [-0.2, -0.15) is 0 Å². The lowest BCUT2D eigenvalue weighted by atomic mass is 10.1. The molecule has 0 aromatic heterocycles. The molecule has 0 aliphatic heterocycles. The molecule has 4 heteroatoms. The van der Waals surface area contributed by atoms with Gasteiger partial charge >= 0.3 is 0 Å². The Hall–Kier alpha value is -1.52. The van der Waals surface area contributed by atoms with Gasteiger partial charge in [-0.1, -0.05) is 30.3 Å². The fourth-order valence-corrected chi connectivity index (χ4v) is 2.47. The summed E-state index contributed by atoms with van der Waals surface area (Å²) in [5.74, 6) is 0.296. The largest absolute Gasteiger partial charge is 0.506 e. The van der Waals surface area contributed by atoms with Crippen molar-refractivity contribution in [3.8, 4) is 5.75 Å². The van der Waals surface area contributed by atoms with Crippen LogP contribution in [0, 0.1) is 0 Å². The molecule has 0 saturated carbocycles. The molecule has 20 heavy (non-hydrogen) atoms. The van der Waals surface area contributed by atoms with Gasteiger partial charge < -0.3 is 15.3 Å². The highest BCUT2D eigenvalue weighted by atomic mass is 79.9. The first kappa shape index (κ1) is 14.9. The average Bonchev–Trinajstić information content (AvgIpc) is 2.41. The van der Waals surface area contributed by atoms with Gasteiger partial charge in [-0.25, -0.2) is 0 Å². The quantitative estimate of drug-likeness (QED) is 0.872. The van der Waals surface area contributed by atoms with Gasteiger partial charge in [-0.3, -0.25) is 0 Å². The van der Waals surface area contributed by atoms with Gasteiger partial charge in [0.25, 0.3) is 0 Å². The summed E-state index contributed by atoms with van der Waals surface area (Å²) < 4.78 is 0.721. The van der Waals surface area contributed by atoms with Crippen LogP contribution < -0.4 is 5.32 Å². The standard InChI is InChI=1S/C16H19BrN2O/c1-19(2)11-13-6-3-4-9-15(13)18-10-12-7-5-8-14(17)16(12)20/h3-9,18,20H,10-11H2,1-2H3. The third kappa shape index (κ3) is 3.74. The molecule has 0 radical (unpaired) electrons. The molecule has 106 valence electrons. The number of benzene rings is 2. The second-order valence-corrected chi connectivity index (χ2v) is 5.85. The number of halogens is 1. The number of aromatic hydroxyl groups is 1. The molecule has 2 aromatic rings. The number of para-hydroxylation sites is 2. The van der Waals surface area contributed by atoms with E-state index in [0.29, 0.717) is 12.3 Å². The summed E-state index contributed by atoms with van der Waals surface area (Å²) in [5.41, 5.74) is 3.21. The van der Waals surface area contributed by atoms with E-state index in [2.05, 4.69) is 52.4 Å². The lowest BCUT2D eigenvalue weighted by Gasteiger charge is -2.16. The lowest BCUT2D eigenvalue weighted by molar-refractivity contribution is 0.403. The highest BCUT2D eigenvalue weighted by Gasteiger charge is 2.06. The van der Waals surface area contributed by atoms with Crippen molar-refractivity contribution in [2.75, 3.05) is 19.4 Å². The smallest absolute Gasteiger partial charge is 0.134 e. The van der Waals surface area contributed by atoms with E-state index in [0.717, 1.165) is 22.3 Å². The van der Waals surface area contributed by atoms with Crippen molar-refractivity contribution in [3.63, 3.8) is 0 Å². The fraction of sp³-hybridized carbons (Fsp3) is 0.250. The topological polar surface area (TPSA) is 35.5 Å². The SMILES string of the molecule is CN(C)Cc1ccccc1NCc1cccc(Br)c1O. The van der Waals surface area contributed by atoms with Gasteiger partial charge in [0.1, 0.15) is 5.75 Å². The maximum Gasteiger partial charge on any atom is 0.134 e. The molecule has 2 rings (SSSR count). The third-order valence-electron chi connectivity index (χ3n) is 3.04. The molecule has 0 aliphatic carbocycles. The van der Waals surface area contributed by atoms with E-state index < -0.39 is 0 Å². The Morgan fingerprint density at radius 1 is 1.05 bits per heavy atom. The van der Waals surface area contributed by atoms with Crippen molar-refractivity contribution < 1.29 is 5.11 Å². The molecular formula is C16H19BrN2O. The summed E-state index contributed by atoms with van der Waals surface area (Å²) in [5, 5.41) is 13.4. The summed E-state index contributed by atoms with van der Waals surface area (Å²) in [6.45, 7) is 1.48. The van der Waals surface area contributed by atoms with Crippen LogP contribution >= 0.6 is 15.9 Å². The number of nitrogens with zero attached hydrogens (tertiary/aromatic N) is 1. The molecule has 0 fully saturated rings. The minimum Gasteiger partial charge on any atom is -0.506 e. The van der Waals surface area contributed by atoms with Crippen LogP contribution in [0.1, 0.15) is 11.1 Å². The number of hydrogen-bond acceptors (Lipinski definition) is 3. The summed E-state index contributed by atoms with van der Waals surface area (Å²) >= 11 is 3.34. The van der Waals surface area contributed by atoms with Crippen molar-refractivity contribution in [2.45, 2.75) is 13.1 Å². The van der Waals surface area contributed by atoms with E-state index in [-0.39, 0.29) is 0 Å². The van der Waals surface area contributed by atoms with Crippen molar-refractivity contribution >= 4 is 21.6 Å². The van der Waals surface area contributed by atoms with Gasteiger partial charge in [0, 0.05) is 24.3 Å². The molecule has 0 spiro atoms. The Balaban J connectivity index is 2.13. The van der Waals surface area contributed by atoms with Crippen LogP contribution in [0.4, 0.5) is 5.69 Å².